The van der Waals surface area contributed by atoms with Gasteiger partial charge >= 0.3 is 0 Å². The number of fused-ring (bicyclic) bond motifs is 1. The van der Waals surface area contributed by atoms with Crippen molar-refractivity contribution in [2.45, 2.75) is 19.3 Å². The molecule has 1 fully saturated rings. The number of anilines is 1. The maximum atomic E-state index is 12.4. The van der Waals surface area contributed by atoms with Crippen LogP contribution in [0.25, 0.3) is 0 Å². The highest BCUT2D eigenvalue weighted by Gasteiger charge is 2.26. The molecule has 27 heavy (non-hydrogen) atoms. The summed E-state index contributed by atoms with van der Waals surface area (Å²) in [7, 11) is 1.95. The summed E-state index contributed by atoms with van der Waals surface area (Å²) in [5.41, 5.74) is -0.0680. The molecule has 0 aromatic heterocycles. The van der Waals surface area contributed by atoms with Gasteiger partial charge in [0.15, 0.2) is 11.5 Å². The van der Waals surface area contributed by atoms with Gasteiger partial charge in [0.1, 0.15) is 5.69 Å². The van der Waals surface area contributed by atoms with E-state index in [4.69, 9.17) is 9.47 Å². The fourth-order valence-corrected chi connectivity index (χ4v) is 3.36. The molecule has 2 aliphatic heterocycles. The van der Waals surface area contributed by atoms with E-state index in [0.29, 0.717) is 17.4 Å². The largest absolute Gasteiger partial charge is 0.454 e. The van der Waals surface area contributed by atoms with E-state index in [1.807, 2.05) is 7.05 Å². The lowest BCUT2D eigenvalue weighted by molar-refractivity contribution is -0.384. The summed E-state index contributed by atoms with van der Waals surface area (Å²) in [5.74, 6) is 1.15. The Balaban J connectivity index is 0.00000261. The van der Waals surface area contributed by atoms with Crippen LogP contribution in [-0.4, -0.2) is 55.8 Å². The van der Waals surface area contributed by atoms with E-state index in [1.165, 1.54) is 12.1 Å². The summed E-state index contributed by atoms with van der Waals surface area (Å²) >= 11 is 0. The van der Waals surface area contributed by atoms with Gasteiger partial charge < -0.3 is 20.1 Å². The number of hydrogen-bond acceptors (Lipinski definition) is 7. The minimum Gasteiger partial charge on any atom is -0.454 e. The van der Waals surface area contributed by atoms with Crippen molar-refractivity contribution in [3.8, 4) is 11.5 Å². The number of nitrogens with one attached hydrogen (secondary N) is 2. The second-order valence-corrected chi connectivity index (χ2v) is 6.64. The van der Waals surface area contributed by atoms with Gasteiger partial charge in [-0.3, -0.25) is 19.8 Å². The molecule has 0 saturated carbocycles. The van der Waals surface area contributed by atoms with E-state index in [0.717, 1.165) is 38.9 Å². The number of nitro groups is 1. The van der Waals surface area contributed by atoms with Crippen LogP contribution in [0.15, 0.2) is 12.1 Å². The zero-order valence-corrected chi connectivity index (χ0v) is 16.0. The minimum absolute atomic E-state index is 0. The maximum absolute atomic E-state index is 12.4. The van der Waals surface area contributed by atoms with Crippen molar-refractivity contribution < 1.29 is 19.2 Å². The second-order valence-electron chi connectivity index (χ2n) is 6.64. The molecule has 0 spiro atoms. The fraction of sp³-hybridized carbons (Fsp3) is 0.588. The van der Waals surface area contributed by atoms with E-state index in [1.54, 1.807) is 0 Å². The number of rotatable bonds is 7. The molecule has 3 rings (SSSR count). The number of ether oxygens (including phenoxy) is 2. The summed E-state index contributed by atoms with van der Waals surface area (Å²) in [4.78, 5) is 25.2. The first kappa shape index (κ1) is 21.2. The number of likely N-dealkylation sites (tertiary alicyclic amines) is 1. The summed E-state index contributed by atoms with van der Waals surface area (Å²) < 4.78 is 10.4. The summed E-state index contributed by atoms with van der Waals surface area (Å²) in [6, 6.07) is 2.73. The van der Waals surface area contributed by atoms with Gasteiger partial charge in [-0.25, -0.2) is 0 Å². The van der Waals surface area contributed by atoms with E-state index < -0.39 is 4.92 Å². The van der Waals surface area contributed by atoms with Gasteiger partial charge in [-0.1, -0.05) is 0 Å². The van der Waals surface area contributed by atoms with Crippen LogP contribution < -0.4 is 20.1 Å². The molecule has 0 unspecified atom stereocenters. The third-order valence-electron chi connectivity index (χ3n) is 4.84. The smallest absolute Gasteiger partial charge is 0.296 e. The molecule has 0 aliphatic carbocycles. The molecule has 1 aromatic carbocycles. The Morgan fingerprint density at radius 2 is 1.96 bits per heavy atom. The Bertz CT molecular complexity index is 680. The lowest BCUT2D eigenvalue weighted by Gasteiger charge is -2.31. The van der Waals surface area contributed by atoms with Crippen molar-refractivity contribution >= 4 is 29.7 Å². The lowest BCUT2D eigenvalue weighted by Crippen LogP contribution is -2.39. The highest BCUT2D eigenvalue weighted by atomic mass is 35.5. The van der Waals surface area contributed by atoms with Crippen molar-refractivity contribution in [2.24, 2.45) is 5.92 Å². The third-order valence-corrected chi connectivity index (χ3v) is 4.84. The normalized spacial score (nSPS) is 16.6. The first-order chi connectivity index (χ1) is 12.6. The van der Waals surface area contributed by atoms with Gasteiger partial charge in [0.05, 0.1) is 17.5 Å². The molecule has 1 saturated heterocycles. The Morgan fingerprint density at radius 1 is 1.30 bits per heavy atom. The topological polar surface area (TPSA) is 106 Å². The van der Waals surface area contributed by atoms with E-state index in [2.05, 4.69) is 15.5 Å². The molecule has 2 heterocycles. The van der Waals surface area contributed by atoms with Crippen LogP contribution in [0.5, 0.6) is 11.5 Å². The lowest BCUT2D eigenvalue weighted by atomic mass is 9.93. The number of nitrogens with zero attached hydrogens (tertiary/aromatic N) is 2. The molecule has 0 radical (unpaired) electrons. The molecule has 0 bridgehead atoms. The molecule has 150 valence electrons. The van der Waals surface area contributed by atoms with Crippen LogP contribution in [0, 0.1) is 16.0 Å². The molecule has 10 heteroatoms. The number of benzene rings is 1. The Morgan fingerprint density at radius 3 is 2.59 bits per heavy atom. The van der Waals surface area contributed by atoms with Gasteiger partial charge in [0.25, 0.3) is 5.69 Å². The second kappa shape index (κ2) is 9.72. The van der Waals surface area contributed by atoms with Crippen molar-refractivity contribution in [3.63, 3.8) is 0 Å². The Labute approximate surface area is 163 Å². The number of amides is 1. The van der Waals surface area contributed by atoms with Crippen molar-refractivity contribution in [1.29, 1.82) is 0 Å². The standard InChI is InChI=1S/C17H24N4O5.ClH/c1-18-5-2-12-3-6-20(7-4-12)10-17(22)19-13-8-15-16(26-11-25-15)9-14(13)21(23)24;/h8-9,12,18H,2-7,10-11H2,1H3,(H,19,22);1H. The predicted molar refractivity (Wildman–Crippen MR) is 103 cm³/mol. The molecule has 2 N–H and O–H groups in total. The summed E-state index contributed by atoms with van der Waals surface area (Å²) in [5, 5.41) is 17.1. The number of carbonyl (C=O) groups is 1. The zero-order valence-electron chi connectivity index (χ0n) is 15.2. The van der Waals surface area contributed by atoms with E-state index in [9.17, 15) is 14.9 Å². The molecule has 9 nitrogen and oxygen atoms in total. The third kappa shape index (κ3) is 5.44. The van der Waals surface area contributed by atoms with Crippen molar-refractivity contribution in [2.75, 3.05) is 45.3 Å². The predicted octanol–water partition coefficient (Wildman–Crippen LogP) is 2.01. The quantitative estimate of drug-likeness (QED) is 0.532. The number of piperidine rings is 1. The molecule has 1 aromatic rings. The Hall–Kier alpha value is -2.10. The van der Waals surface area contributed by atoms with Crippen LogP contribution >= 0.6 is 12.4 Å². The molecular formula is C17H25ClN4O5. The summed E-state index contributed by atoms with van der Waals surface area (Å²) in [6.07, 6.45) is 3.29. The van der Waals surface area contributed by atoms with Gasteiger partial charge in [-0.15, -0.1) is 12.4 Å². The van der Waals surface area contributed by atoms with Crippen LogP contribution in [0.1, 0.15) is 19.3 Å². The fourth-order valence-electron chi connectivity index (χ4n) is 3.36. The summed E-state index contributed by atoms with van der Waals surface area (Å²) in [6.45, 7) is 2.99. The highest BCUT2D eigenvalue weighted by molar-refractivity contribution is 5.95. The van der Waals surface area contributed by atoms with E-state index in [-0.39, 0.29) is 43.0 Å². The van der Waals surface area contributed by atoms with Crippen LogP contribution in [0.3, 0.4) is 0 Å². The molecule has 0 atom stereocenters. The highest BCUT2D eigenvalue weighted by Crippen LogP contribution is 2.40. The minimum atomic E-state index is -0.537. The van der Waals surface area contributed by atoms with E-state index >= 15 is 0 Å². The first-order valence-corrected chi connectivity index (χ1v) is 8.81. The number of carbonyl (C=O) groups excluding carboxylic acids is 1. The van der Waals surface area contributed by atoms with Crippen molar-refractivity contribution in [3.05, 3.63) is 22.2 Å². The average Bonchev–Trinajstić information content (AvgIpc) is 3.07. The van der Waals surface area contributed by atoms with Gasteiger partial charge in [0, 0.05) is 6.07 Å². The number of hydrogen-bond donors (Lipinski definition) is 2. The van der Waals surface area contributed by atoms with Gasteiger partial charge in [-0.2, -0.15) is 0 Å². The van der Waals surface area contributed by atoms with Crippen LogP contribution in [0.4, 0.5) is 11.4 Å². The maximum Gasteiger partial charge on any atom is 0.296 e. The first-order valence-electron chi connectivity index (χ1n) is 8.81. The number of halogens is 1. The number of nitro benzene ring substituents is 1. The monoisotopic (exact) mass is 400 g/mol. The van der Waals surface area contributed by atoms with Gasteiger partial charge in [-0.05, 0) is 51.9 Å². The van der Waals surface area contributed by atoms with Crippen LogP contribution in [0.2, 0.25) is 0 Å². The average molecular weight is 401 g/mol. The molecule has 2 aliphatic rings. The van der Waals surface area contributed by atoms with Crippen molar-refractivity contribution in [1.82, 2.24) is 10.2 Å². The van der Waals surface area contributed by atoms with Gasteiger partial charge in [0.2, 0.25) is 12.7 Å². The molecule has 1 amide bonds. The zero-order chi connectivity index (χ0) is 18.5. The SMILES string of the molecule is CNCCC1CCN(CC(=O)Nc2cc3c(cc2[N+](=O)[O-])OCO3)CC1.Cl. The van der Waals surface area contributed by atoms with Crippen LogP contribution in [-0.2, 0) is 4.79 Å². The Kier molecular flexibility index (Phi) is 7.64. The molecular weight excluding hydrogens is 376 g/mol.